The maximum absolute atomic E-state index is 9.48. The van der Waals surface area contributed by atoms with Crippen LogP contribution >= 0.6 is 11.1 Å². The van der Waals surface area contributed by atoms with E-state index < -0.39 is 7.55 Å². The second-order valence-electron chi connectivity index (χ2n) is 1.61. The van der Waals surface area contributed by atoms with Crippen molar-refractivity contribution in [2.24, 2.45) is 4.66 Å². The summed E-state index contributed by atoms with van der Waals surface area (Å²) in [7, 11) is -1.98. The minimum absolute atomic E-state index is 1.41. The van der Waals surface area contributed by atoms with Gasteiger partial charge in [0.1, 0.15) is 0 Å². The van der Waals surface area contributed by atoms with Crippen molar-refractivity contribution in [3.63, 3.8) is 0 Å². The van der Waals surface area contributed by atoms with Crippen molar-refractivity contribution < 1.29 is 4.79 Å². The molecule has 4 heteroatoms. The van der Waals surface area contributed by atoms with E-state index in [-0.39, 0.29) is 0 Å². The Morgan fingerprint density at radius 1 is 1.71 bits per heavy atom. The zero-order chi connectivity index (χ0) is 5.91. The molecule has 0 unspecified atom stereocenters. The number of carbonyl (C=O) groups excluding carboxylic acids is 1. The first-order valence-electron chi connectivity index (χ1n) is 1.84. The molecule has 0 aliphatic rings. The second-order valence-corrected chi connectivity index (χ2v) is 7.43. The van der Waals surface area contributed by atoms with Crippen LogP contribution in [0.4, 0.5) is 0 Å². The van der Waals surface area contributed by atoms with E-state index in [2.05, 4.69) is 4.66 Å². The number of rotatable bonds is 1. The first-order valence-corrected chi connectivity index (χ1v) is 5.80. The topological polar surface area (TPSA) is 29.4 Å². The van der Waals surface area contributed by atoms with Crippen molar-refractivity contribution in [1.29, 1.82) is 0 Å². The summed E-state index contributed by atoms with van der Waals surface area (Å²) in [6.07, 6.45) is 1.41. The predicted molar refractivity (Wildman–Crippen MR) is 31.5 cm³/mol. The second kappa shape index (κ2) is 2.26. The number of isocyanates is 1. The highest BCUT2D eigenvalue weighted by molar-refractivity contribution is 7.18. The molecule has 0 amide bonds. The lowest BCUT2D eigenvalue weighted by Crippen LogP contribution is -2.11. The van der Waals surface area contributed by atoms with Crippen LogP contribution in [0, 0.1) is 0 Å². The van der Waals surface area contributed by atoms with E-state index in [1.165, 1.54) is 6.08 Å². The molecular weight excluding hydrogens is 130 g/mol. The van der Waals surface area contributed by atoms with E-state index in [4.69, 9.17) is 11.1 Å². The summed E-state index contributed by atoms with van der Waals surface area (Å²) >= 11 is 5.54. The summed E-state index contributed by atoms with van der Waals surface area (Å²) in [6, 6.07) is 0. The molecule has 0 aromatic carbocycles. The van der Waals surface area contributed by atoms with Gasteiger partial charge in [0, 0.05) is 0 Å². The molecule has 0 saturated heterocycles. The van der Waals surface area contributed by atoms with Crippen LogP contribution in [0.2, 0.25) is 13.1 Å². The minimum Gasteiger partial charge on any atom is -0.229 e. The van der Waals surface area contributed by atoms with Crippen molar-refractivity contribution >= 4 is 24.7 Å². The van der Waals surface area contributed by atoms with Gasteiger partial charge in [-0.25, -0.2) is 9.45 Å². The van der Waals surface area contributed by atoms with Crippen molar-refractivity contribution in [3.8, 4) is 0 Å². The van der Waals surface area contributed by atoms with Gasteiger partial charge in [0.05, 0.1) is 0 Å². The first-order chi connectivity index (χ1) is 3.06. The third-order valence-electron chi connectivity index (χ3n) is 0.312. The largest absolute Gasteiger partial charge is 0.284 e. The molecule has 7 heavy (non-hydrogen) atoms. The van der Waals surface area contributed by atoms with Gasteiger partial charge in [-0.2, -0.15) is 0 Å². The number of hydrogen-bond acceptors (Lipinski definition) is 2. The SMILES string of the molecule is C[Si](C)(Cl)N=C=O. The predicted octanol–water partition coefficient (Wildman–Crippen LogP) is 1.26. The maximum atomic E-state index is 9.48. The molecule has 0 aliphatic heterocycles. The number of nitrogens with zero attached hydrogens (tertiary/aromatic N) is 1. The van der Waals surface area contributed by atoms with Crippen LogP contribution in [0.1, 0.15) is 0 Å². The Labute approximate surface area is 48.0 Å². The molecule has 0 N–H and O–H groups in total. The Balaban J connectivity index is 3.80. The fourth-order valence-corrected chi connectivity index (χ4v) is 0.429. The third-order valence-corrected chi connectivity index (χ3v) is 1.19. The standard InChI is InChI=1S/C3H6ClNOSi/c1-7(2,4)5-3-6/h1-2H3. The molecule has 0 aliphatic carbocycles. The zero-order valence-electron chi connectivity index (χ0n) is 4.23. The molecule has 2 nitrogen and oxygen atoms in total. The molecule has 0 rings (SSSR count). The van der Waals surface area contributed by atoms with Crippen LogP contribution in [0.25, 0.3) is 0 Å². The average Bonchev–Trinajstić information content (AvgIpc) is 1.30. The zero-order valence-corrected chi connectivity index (χ0v) is 5.99. The average molecular weight is 136 g/mol. The Morgan fingerprint density at radius 3 is 2.14 bits per heavy atom. The lowest BCUT2D eigenvalue weighted by Gasteiger charge is -1.97. The minimum atomic E-state index is -1.98. The fourth-order valence-electron chi connectivity index (χ4n) is 0.109. The molecule has 0 spiro atoms. The molecule has 0 aromatic rings. The van der Waals surface area contributed by atoms with E-state index in [9.17, 15) is 4.79 Å². The van der Waals surface area contributed by atoms with Crippen molar-refractivity contribution in [2.45, 2.75) is 13.1 Å². The Hall–Kier alpha value is -0.113. The van der Waals surface area contributed by atoms with Crippen LogP contribution in [-0.2, 0) is 4.79 Å². The van der Waals surface area contributed by atoms with Crippen LogP contribution in [0.15, 0.2) is 4.66 Å². The Morgan fingerprint density at radius 2 is 2.14 bits per heavy atom. The first kappa shape index (κ1) is 6.89. The normalized spacial score (nSPS) is 10.1. The molecular formula is C3H6ClNOSi. The fraction of sp³-hybridized carbons (Fsp3) is 0.667. The Kier molecular flexibility index (Phi) is 2.22. The lowest BCUT2D eigenvalue weighted by atomic mass is 11.7. The number of halogens is 1. The van der Waals surface area contributed by atoms with Gasteiger partial charge in [0.2, 0.25) is 6.08 Å². The number of hydrogen-bond donors (Lipinski definition) is 0. The van der Waals surface area contributed by atoms with E-state index in [1.807, 2.05) is 0 Å². The van der Waals surface area contributed by atoms with E-state index in [0.29, 0.717) is 0 Å². The molecule has 0 aromatic heterocycles. The maximum Gasteiger partial charge on any atom is 0.284 e. The van der Waals surface area contributed by atoms with Crippen LogP contribution in [-0.4, -0.2) is 13.6 Å². The summed E-state index contributed by atoms with van der Waals surface area (Å²) in [5.41, 5.74) is 0. The van der Waals surface area contributed by atoms with Crippen molar-refractivity contribution in [1.82, 2.24) is 0 Å². The van der Waals surface area contributed by atoms with Gasteiger partial charge in [-0.1, -0.05) is 0 Å². The van der Waals surface area contributed by atoms with Gasteiger partial charge < -0.3 is 0 Å². The van der Waals surface area contributed by atoms with Crippen molar-refractivity contribution in [3.05, 3.63) is 0 Å². The smallest absolute Gasteiger partial charge is 0.229 e. The highest BCUT2D eigenvalue weighted by Crippen LogP contribution is 2.06. The van der Waals surface area contributed by atoms with Gasteiger partial charge in [0.25, 0.3) is 7.55 Å². The van der Waals surface area contributed by atoms with Crippen LogP contribution in [0.3, 0.4) is 0 Å². The van der Waals surface area contributed by atoms with E-state index in [0.717, 1.165) is 0 Å². The van der Waals surface area contributed by atoms with Crippen LogP contribution in [0.5, 0.6) is 0 Å². The van der Waals surface area contributed by atoms with Gasteiger partial charge in [-0.05, 0) is 13.1 Å². The quantitative estimate of drug-likeness (QED) is 0.230. The van der Waals surface area contributed by atoms with Gasteiger partial charge >= 0.3 is 0 Å². The summed E-state index contributed by atoms with van der Waals surface area (Å²) in [5.74, 6) is 0. The highest BCUT2D eigenvalue weighted by atomic mass is 35.6. The molecule has 40 valence electrons. The summed E-state index contributed by atoms with van der Waals surface area (Å²) in [4.78, 5) is 9.48. The monoisotopic (exact) mass is 135 g/mol. The Bertz CT molecular complexity index is 102. The van der Waals surface area contributed by atoms with Gasteiger partial charge in [0.15, 0.2) is 0 Å². The van der Waals surface area contributed by atoms with E-state index >= 15 is 0 Å². The van der Waals surface area contributed by atoms with E-state index in [1.54, 1.807) is 13.1 Å². The van der Waals surface area contributed by atoms with Gasteiger partial charge in [-0.15, -0.1) is 11.1 Å². The van der Waals surface area contributed by atoms with Crippen molar-refractivity contribution in [2.75, 3.05) is 0 Å². The molecule has 0 atom stereocenters. The summed E-state index contributed by atoms with van der Waals surface area (Å²) in [6.45, 7) is 3.50. The highest BCUT2D eigenvalue weighted by Gasteiger charge is 2.13. The molecule has 0 radical (unpaired) electrons. The molecule has 0 saturated carbocycles. The molecule has 0 heterocycles. The molecule has 0 fully saturated rings. The third kappa shape index (κ3) is 5.89. The lowest BCUT2D eigenvalue weighted by molar-refractivity contribution is 0.566. The summed E-state index contributed by atoms with van der Waals surface area (Å²) < 4.78 is 3.36. The summed E-state index contributed by atoms with van der Waals surface area (Å²) in [5, 5.41) is 0. The van der Waals surface area contributed by atoms with Crippen LogP contribution < -0.4 is 0 Å². The molecule has 0 bridgehead atoms. The van der Waals surface area contributed by atoms with Gasteiger partial charge in [-0.3, -0.25) is 0 Å².